The van der Waals surface area contributed by atoms with Gasteiger partial charge in [-0.05, 0) is 51.6 Å². The van der Waals surface area contributed by atoms with Crippen LogP contribution in [-0.4, -0.2) is 74.7 Å². The minimum atomic E-state index is -4.02. The van der Waals surface area contributed by atoms with Crippen molar-refractivity contribution in [2.45, 2.75) is 127 Å². The van der Waals surface area contributed by atoms with E-state index in [4.69, 9.17) is 11.5 Å². The van der Waals surface area contributed by atoms with Crippen molar-refractivity contribution in [2.75, 3.05) is 24.6 Å². The van der Waals surface area contributed by atoms with Gasteiger partial charge in [0.1, 0.15) is 0 Å². The van der Waals surface area contributed by atoms with Gasteiger partial charge in [0.15, 0.2) is 0 Å². The van der Waals surface area contributed by atoms with E-state index in [0.717, 1.165) is 12.8 Å². The minimum absolute atomic E-state index is 0. The Morgan fingerprint density at radius 3 is 1.14 bits per heavy atom. The minimum Gasteiger partial charge on any atom is -0.748 e. The van der Waals surface area contributed by atoms with E-state index >= 15 is 0 Å². The maximum absolute atomic E-state index is 10.3. The average Bonchev–Trinajstić information content (AvgIpc) is 2.83. The molecule has 0 aromatic heterocycles. The van der Waals surface area contributed by atoms with Crippen molar-refractivity contribution in [3.05, 3.63) is 11.5 Å². The van der Waals surface area contributed by atoms with Crippen LogP contribution in [0.4, 0.5) is 0 Å². The molecule has 0 saturated heterocycles. The molecule has 2 atom stereocenters. The van der Waals surface area contributed by atoms with Crippen molar-refractivity contribution in [2.24, 2.45) is 0 Å². The molecule has 3 aliphatic rings. The predicted molar refractivity (Wildman–Crippen MR) is 143 cm³/mol. The molecule has 37 heavy (non-hydrogen) atoms. The van der Waals surface area contributed by atoms with Gasteiger partial charge in [-0.1, -0.05) is 64.2 Å². The normalized spacial score (nSPS) is 23.6. The molecule has 0 radical (unpaired) electrons. The van der Waals surface area contributed by atoms with Crippen LogP contribution in [0.3, 0.4) is 0 Å². The fraction of sp³-hybridized carbons (Fsp3) is 1.00. The van der Waals surface area contributed by atoms with E-state index in [1.54, 1.807) is 0 Å². The molecule has 0 spiro atoms. The van der Waals surface area contributed by atoms with Crippen LogP contribution in [0.15, 0.2) is 0 Å². The van der Waals surface area contributed by atoms with Gasteiger partial charge in [0, 0.05) is 23.6 Å². The van der Waals surface area contributed by atoms with Gasteiger partial charge in [-0.2, -0.15) is 12.1 Å². The molecule has 13 heteroatoms. The summed E-state index contributed by atoms with van der Waals surface area (Å²) in [6.07, 6.45) is 17.5. The van der Waals surface area contributed by atoms with Crippen LogP contribution >= 0.6 is 0 Å². The molecule has 4 N–H and O–H groups in total. The van der Waals surface area contributed by atoms with Crippen LogP contribution in [0.25, 0.3) is 11.5 Å². The first-order valence-electron chi connectivity index (χ1n) is 13.7. The summed E-state index contributed by atoms with van der Waals surface area (Å²) in [5, 5.41) is 6.58. The van der Waals surface area contributed by atoms with Crippen LogP contribution in [0, 0.1) is 0 Å². The zero-order valence-corrected chi connectivity index (χ0v) is 25.9. The summed E-state index contributed by atoms with van der Waals surface area (Å²) in [6.45, 7) is 1.29. The number of hydrogen-bond donors (Lipinski definition) is 2. The van der Waals surface area contributed by atoms with Gasteiger partial charge in [0.05, 0.1) is 20.2 Å². The van der Waals surface area contributed by atoms with Crippen LogP contribution in [0.5, 0.6) is 0 Å². The number of nitrogens with one attached hydrogen (secondary N) is 4. The first kappa shape index (κ1) is 37.3. The Morgan fingerprint density at radius 1 is 0.568 bits per heavy atom. The van der Waals surface area contributed by atoms with Gasteiger partial charge in [-0.3, -0.25) is 0 Å². The molecule has 0 aliphatic heterocycles. The average molecular weight is 748 g/mol. The molecule has 3 aliphatic carbocycles. The molecule has 222 valence electrons. The molecule has 0 aromatic rings. The fourth-order valence-electron chi connectivity index (χ4n) is 4.85. The summed E-state index contributed by atoms with van der Waals surface area (Å²) >= 11 is 0. The van der Waals surface area contributed by atoms with Gasteiger partial charge < -0.3 is 31.2 Å². The van der Waals surface area contributed by atoms with Crippen molar-refractivity contribution >= 4 is 20.2 Å². The first-order valence-corrected chi connectivity index (χ1v) is 16.9. The topological polar surface area (TPSA) is 186 Å². The Bertz CT molecular complexity index is 697. The van der Waals surface area contributed by atoms with Gasteiger partial charge >= 0.3 is 21.1 Å². The summed E-state index contributed by atoms with van der Waals surface area (Å²) in [5.41, 5.74) is 14.6. The van der Waals surface area contributed by atoms with E-state index in [1.807, 2.05) is 0 Å². The van der Waals surface area contributed by atoms with Gasteiger partial charge in [-0.25, -0.2) is 16.8 Å². The van der Waals surface area contributed by atoms with Crippen LogP contribution in [0.1, 0.15) is 103 Å². The summed E-state index contributed by atoms with van der Waals surface area (Å²) < 4.78 is 61.8. The largest absolute Gasteiger partial charge is 4.00 e. The molecule has 10 nitrogen and oxygen atoms in total. The fourth-order valence-corrected chi connectivity index (χ4v) is 5.85. The SMILES string of the molecule is O=S(=O)([O-])CCCNC1CCCCC1.O=S(=O)([O-])CCCNC1CCCCC1.[NH-]C1CCCCC1[NH-].[Pt+4]. The number of rotatable bonds is 10. The molecule has 3 saturated carbocycles. The number of hydrogen-bond acceptors (Lipinski definition) is 8. The summed E-state index contributed by atoms with van der Waals surface area (Å²) in [6, 6.07) is 0.920. The monoisotopic (exact) mass is 747 g/mol. The zero-order chi connectivity index (χ0) is 26.9. The maximum Gasteiger partial charge on any atom is 4.00 e. The molecule has 0 aromatic carbocycles. The van der Waals surface area contributed by atoms with Crippen molar-refractivity contribution in [1.82, 2.24) is 10.6 Å². The van der Waals surface area contributed by atoms with Crippen molar-refractivity contribution < 1.29 is 47.0 Å². The molecular formula is C24H48N4O6PtS2. The van der Waals surface area contributed by atoms with E-state index in [2.05, 4.69) is 10.6 Å². The smallest absolute Gasteiger partial charge is 0.748 e. The molecule has 0 bridgehead atoms. The standard InChI is InChI=1S/2C9H19NO3S.C6H12N2.Pt/c2*11-14(12,13)8-4-7-10-9-5-2-1-3-6-9;7-5-3-1-2-4-6(5)8;/h2*9-10H,1-8H2,(H,11,12,13);5-8H,1-4H2;/q;;-2;+4/p-2. The quantitative estimate of drug-likeness (QED) is 0.247. The van der Waals surface area contributed by atoms with E-state index in [0.29, 0.717) is 38.0 Å². The van der Waals surface area contributed by atoms with Crippen LogP contribution in [-0.2, 0) is 41.3 Å². The Kier molecular flexibility index (Phi) is 21.3. The Morgan fingerprint density at radius 2 is 0.865 bits per heavy atom. The third kappa shape index (κ3) is 22.8. The van der Waals surface area contributed by atoms with Gasteiger partial charge in [-0.15, -0.1) is 0 Å². The Labute approximate surface area is 240 Å². The Balaban J connectivity index is 0.000000538. The molecular weight excluding hydrogens is 699 g/mol. The first-order chi connectivity index (χ1) is 17.0. The maximum atomic E-state index is 10.3. The molecule has 0 amide bonds. The Hall–Kier alpha value is 0.348. The second-order valence-corrected chi connectivity index (χ2v) is 13.4. The van der Waals surface area contributed by atoms with Gasteiger partial charge in [0.2, 0.25) is 0 Å². The molecule has 0 heterocycles. The van der Waals surface area contributed by atoms with Crippen LogP contribution < -0.4 is 10.6 Å². The molecule has 3 rings (SSSR count). The molecule has 3 fully saturated rings. The van der Waals surface area contributed by atoms with Crippen LogP contribution in [0.2, 0.25) is 0 Å². The van der Waals surface area contributed by atoms with E-state index in [-0.39, 0.29) is 44.7 Å². The third-order valence-corrected chi connectivity index (χ3v) is 8.56. The van der Waals surface area contributed by atoms with Gasteiger partial charge in [0.25, 0.3) is 0 Å². The predicted octanol–water partition coefficient (Wildman–Crippen LogP) is 4.09. The van der Waals surface area contributed by atoms with E-state index in [1.165, 1.54) is 77.0 Å². The van der Waals surface area contributed by atoms with Crippen molar-refractivity contribution in [1.29, 1.82) is 0 Å². The van der Waals surface area contributed by atoms with Crippen molar-refractivity contribution in [3.63, 3.8) is 0 Å². The second-order valence-electron chi connectivity index (χ2n) is 10.3. The summed E-state index contributed by atoms with van der Waals surface area (Å²) in [7, 11) is -8.03. The second kappa shape index (κ2) is 21.1. The third-order valence-electron chi connectivity index (χ3n) is 6.98. The molecule has 2 unspecified atom stereocenters. The summed E-state index contributed by atoms with van der Waals surface area (Å²) in [4.78, 5) is 0. The van der Waals surface area contributed by atoms with E-state index in [9.17, 15) is 25.9 Å². The summed E-state index contributed by atoms with van der Waals surface area (Å²) in [5.74, 6) is -0.487. The van der Waals surface area contributed by atoms with E-state index < -0.39 is 20.2 Å². The van der Waals surface area contributed by atoms with Crippen molar-refractivity contribution in [3.8, 4) is 0 Å². The zero-order valence-electron chi connectivity index (χ0n) is 22.0.